The summed E-state index contributed by atoms with van der Waals surface area (Å²) >= 11 is 16.0. The maximum Gasteiger partial charge on any atom is 0.365 e. The van der Waals surface area contributed by atoms with Gasteiger partial charge < -0.3 is 28.8 Å². The van der Waals surface area contributed by atoms with E-state index < -0.39 is 29.3 Å². The van der Waals surface area contributed by atoms with Crippen molar-refractivity contribution in [3.8, 4) is 0 Å². The van der Waals surface area contributed by atoms with E-state index in [0.29, 0.717) is 86.5 Å². The summed E-state index contributed by atoms with van der Waals surface area (Å²) in [5.41, 5.74) is 15.1. The van der Waals surface area contributed by atoms with Gasteiger partial charge in [0.25, 0.3) is 0 Å². The highest BCUT2D eigenvalue weighted by Gasteiger charge is 2.27. The summed E-state index contributed by atoms with van der Waals surface area (Å²) in [6.45, 7) is 18.6. The van der Waals surface area contributed by atoms with Crippen LogP contribution in [0.2, 0.25) is 5.02 Å². The number of thioether (sulfide) groups is 2. The number of para-hydroxylation sites is 1. The minimum atomic E-state index is -0.740. The topological polar surface area (TPSA) is 248 Å². The molecule has 16 rings (SSSR count). The van der Waals surface area contributed by atoms with Crippen LogP contribution in [-0.4, -0.2) is 91.7 Å². The van der Waals surface area contributed by atoms with Gasteiger partial charge in [-0.3, -0.25) is 24.0 Å². The van der Waals surface area contributed by atoms with Crippen molar-refractivity contribution in [3.63, 3.8) is 0 Å². The minimum Gasteiger partial charge on any atom is -0.341 e. The van der Waals surface area contributed by atoms with Crippen molar-refractivity contribution in [2.45, 2.75) is 157 Å². The van der Waals surface area contributed by atoms with Crippen molar-refractivity contribution < 1.29 is 62.5 Å². The Hall–Kier alpha value is -15.0. The van der Waals surface area contributed by atoms with Gasteiger partial charge in [0.1, 0.15) is 11.4 Å². The van der Waals surface area contributed by atoms with Crippen molar-refractivity contribution in [2.75, 3.05) is 16.4 Å². The van der Waals surface area contributed by atoms with E-state index in [-0.39, 0.29) is 40.3 Å². The third-order valence-electron chi connectivity index (χ3n) is 23.6. The summed E-state index contributed by atoms with van der Waals surface area (Å²) in [6, 6.07) is 119. The van der Waals surface area contributed by atoms with Gasteiger partial charge in [0, 0.05) is 155 Å². The van der Waals surface area contributed by atoms with Crippen molar-refractivity contribution in [1.29, 1.82) is 0 Å². The number of oxime groups is 4. The normalized spacial score (nSPS) is 11.5. The van der Waals surface area contributed by atoms with Crippen LogP contribution in [-0.2, 0) is 40.3 Å². The molecule has 0 atom stereocenters. The molecule has 760 valence electrons. The lowest BCUT2D eigenvalue weighted by Crippen LogP contribution is -2.23. The van der Waals surface area contributed by atoms with Crippen molar-refractivity contribution in [3.05, 3.63) is 458 Å². The van der Waals surface area contributed by atoms with Crippen LogP contribution in [0.3, 0.4) is 0 Å². The first-order valence-electron chi connectivity index (χ1n) is 49.1. The van der Waals surface area contributed by atoms with Crippen LogP contribution in [0.15, 0.2) is 431 Å². The Morgan fingerprint density at radius 3 is 1.27 bits per heavy atom. The largest absolute Gasteiger partial charge is 0.365 e. The van der Waals surface area contributed by atoms with Gasteiger partial charge in [-0.2, -0.15) is 0 Å². The van der Waals surface area contributed by atoms with Gasteiger partial charge in [0.05, 0.1) is 22.4 Å². The lowest BCUT2D eigenvalue weighted by atomic mass is 9.97. The first-order valence-corrected chi connectivity index (χ1v) is 53.9. The Labute approximate surface area is 905 Å². The number of nitrogens with zero attached hydrogens (tertiary/aromatic N) is 6. The third-order valence-corrected chi connectivity index (χ3v) is 28.6. The Bertz CT molecular complexity index is 7500. The van der Waals surface area contributed by atoms with Crippen molar-refractivity contribution in [2.24, 2.45) is 26.0 Å². The second-order valence-corrected chi connectivity index (χ2v) is 41.8. The van der Waals surface area contributed by atoms with Gasteiger partial charge in [-0.1, -0.05) is 250 Å². The maximum atomic E-state index is 13.4. The third kappa shape index (κ3) is 32.7. The average molecular weight is 2150 g/mol. The molecule has 0 radical (unpaired) electrons. The molecule has 1 heterocycles. The van der Waals surface area contributed by atoms with Gasteiger partial charge in [0.2, 0.25) is 11.6 Å². The predicted molar refractivity (Wildman–Crippen MR) is 612 cm³/mol. The molecule has 0 aliphatic carbocycles. The highest BCUT2D eigenvalue weighted by molar-refractivity contribution is 9.10. The minimum absolute atomic E-state index is 0.00132. The SMILES string of the molecule is CC(=O)O/N=C(\CCCSc1ccc(Cl)cc1)c1ccc(N(c2ccccc2)c2ccc(C(=O)c3ccccc3C)cc2)cc1.CC(C)(C)C(=O)O/N=C(\CCSc1ccc(Br)cc1)C(=O)c1ccc(Sc2ccc(C(=O)c3ccccc3)cc2)cc1.CCCCCC/C(=N/OC(=O)c1ccccc1)C(=O)c1ccc(Sc2ccccc2)cc1.CCn1c2ccc(C(=O)c3ccccc3C)cc2c2cc(/C(C)=N/OC(C)=O)ccc21. The molecule has 1 aromatic heterocycles. The van der Waals surface area contributed by atoms with Gasteiger partial charge in [0.15, 0.2) is 17.3 Å². The number of fused-ring (bicyclic) bond motifs is 3. The lowest BCUT2D eigenvalue weighted by molar-refractivity contribution is -0.153. The first-order chi connectivity index (χ1) is 72.6. The Balaban J connectivity index is 0.000000169. The van der Waals surface area contributed by atoms with Gasteiger partial charge in [-0.05, 0) is 327 Å². The molecule has 19 nitrogen and oxygen atoms in total. The molecule has 0 N–H and O–H groups in total. The number of Topliss-reactive ketones (excluding diaryl/α,β-unsaturated/α-hetero) is 2. The van der Waals surface area contributed by atoms with E-state index in [9.17, 15) is 43.2 Å². The number of rotatable bonds is 39. The van der Waals surface area contributed by atoms with Crippen LogP contribution in [0, 0.1) is 19.3 Å². The lowest BCUT2D eigenvalue weighted by Gasteiger charge is -2.26. The van der Waals surface area contributed by atoms with E-state index >= 15 is 0 Å². The summed E-state index contributed by atoms with van der Waals surface area (Å²) in [5, 5.41) is 18.9. The molecule has 0 fully saturated rings. The fourth-order valence-electron chi connectivity index (χ4n) is 15.6. The van der Waals surface area contributed by atoms with Crippen molar-refractivity contribution >= 4 is 189 Å². The number of benzene rings is 15. The summed E-state index contributed by atoms with van der Waals surface area (Å²) < 4.78 is 3.23. The standard InChI is InChI=1S/C38H33ClN2O3S.C34H30BrNO4S2.C27H27NO3S.C26H24N2O3/c1-27-9-6-7-12-36(27)38(43)30-16-22-34(23-17-30)41(32-10-4-3-5-11-32)33-20-14-29(15-21-33)37(40-44-28(2)42)13-8-26-45-35-24-18-31(39)19-25-35;1-34(2,3)33(39)40-36-30(21-22-41-27-19-13-26(35)14-20-27)32(38)25-11-17-29(18-12-25)42-28-15-9-24(10-16-28)31(37)23-7-5-4-6-8-23;1-2-3-4-11-16-25(28-31-27(30)22-12-7-5-8-13-22)26(29)21-17-19-24(20-18-21)32-23-14-9-6-10-15-23;1-5-28-24-12-10-19(17(3)27-31-18(4)29)14-22(24)23-15-20(11-13-25(23)28)26(30)21-9-7-6-8-16(21)2/h3-7,9-12,14-25H,8,13,26H2,1-2H3;4-20H,21-22H2,1-3H3;5-10,12-15,17-20H,2-4,11,16H2,1H3;6-15H,5H2,1-4H3/b40-37+;36-30+;28-25-;27-17+. The molecule has 16 aromatic rings. The molecule has 0 spiro atoms. The predicted octanol–water partition coefficient (Wildman–Crippen LogP) is 32.2. The molecular formula is C125H114BrClN6O13S4. The zero-order valence-corrected chi connectivity index (χ0v) is 90.6. The quantitative estimate of drug-likeness (QED) is 0.00867. The maximum absolute atomic E-state index is 13.4. The Morgan fingerprint density at radius 2 is 0.753 bits per heavy atom. The molecule has 0 amide bonds. The molecule has 0 saturated heterocycles. The van der Waals surface area contributed by atoms with Crippen LogP contribution in [0.5, 0.6) is 0 Å². The molecular weight excluding hydrogens is 2040 g/mol. The average Bonchev–Trinajstić information content (AvgIpc) is 1.59. The van der Waals surface area contributed by atoms with Gasteiger partial charge >= 0.3 is 23.9 Å². The number of unbranched alkanes of at least 4 members (excludes halogenated alkanes) is 3. The molecule has 15 aromatic carbocycles. The fraction of sp³-hybridized carbons (Fsp3) is 0.176. The van der Waals surface area contributed by atoms with Crippen LogP contribution < -0.4 is 4.90 Å². The van der Waals surface area contributed by atoms with Crippen molar-refractivity contribution in [1.82, 2.24) is 4.57 Å². The number of anilines is 3. The Kier molecular flexibility index (Phi) is 42.2. The number of ketones is 5. The van der Waals surface area contributed by atoms with E-state index in [0.717, 1.165) is 144 Å². The number of hydrogen-bond donors (Lipinski definition) is 0. The number of carbonyl (C=O) groups is 9. The number of aryl methyl sites for hydroxylation is 3. The zero-order valence-electron chi connectivity index (χ0n) is 85.0. The van der Waals surface area contributed by atoms with E-state index in [2.05, 4.69) is 59.9 Å². The molecule has 0 bridgehead atoms. The monoisotopic (exact) mass is 2150 g/mol. The number of hydrogen-bond acceptors (Lipinski definition) is 22. The first kappa shape index (κ1) is 112. The number of halogens is 2. The zero-order chi connectivity index (χ0) is 106. The molecule has 0 unspecified atom stereocenters. The van der Waals surface area contributed by atoms with Gasteiger partial charge in [-0.25, -0.2) is 19.2 Å². The Morgan fingerprint density at radius 1 is 0.353 bits per heavy atom. The highest BCUT2D eigenvalue weighted by Crippen LogP contribution is 2.39. The van der Waals surface area contributed by atoms with Crippen LogP contribution in [0.25, 0.3) is 21.8 Å². The van der Waals surface area contributed by atoms with Gasteiger partial charge in [-0.15, -0.1) is 23.5 Å². The highest BCUT2D eigenvalue weighted by atomic mass is 79.9. The second kappa shape index (κ2) is 56.4. The summed E-state index contributed by atoms with van der Waals surface area (Å²) in [7, 11) is 0. The molecule has 0 aliphatic heterocycles. The summed E-state index contributed by atoms with van der Waals surface area (Å²) in [6.07, 6.45) is 6.32. The van der Waals surface area contributed by atoms with E-state index in [4.69, 9.17) is 31.0 Å². The van der Waals surface area contributed by atoms with E-state index in [1.807, 2.05) is 329 Å². The van der Waals surface area contributed by atoms with E-state index in [1.165, 1.54) is 25.6 Å². The number of aromatic nitrogens is 1. The molecule has 0 saturated carbocycles. The second-order valence-electron chi connectivity index (χ2n) is 35.8. The smallest absolute Gasteiger partial charge is 0.341 e. The van der Waals surface area contributed by atoms with Crippen LogP contribution in [0.4, 0.5) is 17.1 Å². The van der Waals surface area contributed by atoms with E-state index in [1.54, 1.807) is 124 Å². The van der Waals surface area contributed by atoms with Crippen LogP contribution >= 0.6 is 74.6 Å². The summed E-state index contributed by atoms with van der Waals surface area (Å²) in [5.74, 6) is -1.01. The molecule has 25 heteroatoms. The van der Waals surface area contributed by atoms with Crippen LogP contribution in [0.1, 0.15) is 208 Å². The number of carbonyl (C=O) groups excluding carboxylic acids is 9. The summed E-state index contributed by atoms with van der Waals surface area (Å²) in [4.78, 5) is 141. The molecule has 0 aliphatic rings. The fourth-order valence-corrected chi connectivity index (χ4v) is 19.4. The molecule has 150 heavy (non-hydrogen) atoms.